The van der Waals surface area contributed by atoms with Crippen LogP contribution in [0, 0.1) is 0 Å². The highest BCUT2D eigenvalue weighted by Gasteiger charge is 2.43. The second-order valence-corrected chi connectivity index (χ2v) is 5.90. The Bertz CT molecular complexity index is 676. The third kappa shape index (κ3) is 4.02. The van der Waals surface area contributed by atoms with Crippen molar-refractivity contribution in [2.24, 2.45) is 4.99 Å². The zero-order valence-corrected chi connectivity index (χ0v) is 14.6. The van der Waals surface area contributed by atoms with E-state index < -0.39 is 11.6 Å². The highest BCUT2D eigenvalue weighted by molar-refractivity contribution is 6.30. The molecule has 25 heavy (non-hydrogen) atoms. The minimum atomic E-state index is -1.36. The normalized spacial score (nSPS) is 23.2. The average molecular weight is 366 g/mol. The standard InChI is InChI=1S/C16H20ClN5O3/c1-2-25-14(23)16(20-12-3-5-18-6-4-12)11-13(17)19-15(21-16)22-7-9-24-10-8-22/h3-6,11H,2,7-10H2,1H3,(H,18,20)(H,19,21). The lowest BCUT2D eigenvalue weighted by Crippen LogP contribution is -2.64. The quantitative estimate of drug-likeness (QED) is 0.610. The molecule has 0 amide bonds. The third-order valence-corrected chi connectivity index (χ3v) is 3.98. The van der Waals surface area contributed by atoms with Gasteiger partial charge in [-0.3, -0.25) is 4.98 Å². The summed E-state index contributed by atoms with van der Waals surface area (Å²) in [7, 11) is 0. The van der Waals surface area contributed by atoms with Crippen LogP contribution < -0.4 is 10.6 Å². The molecule has 0 saturated carbocycles. The van der Waals surface area contributed by atoms with E-state index >= 15 is 0 Å². The molecule has 1 fully saturated rings. The maximum absolute atomic E-state index is 12.7. The smallest absolute Gasteiger partial charge is 0.357 e. The summed E-state index contributed by atoms with van der Waals surface area (Å²) in [5, 5.41) is 6.51. The SMILES string of the molecule is CCOC(=O)C1(Nc2ccncc2)C=C(Cl)N=C(N2CCOCC2)N1. The van der Waals surface area contributed by atoms with Crippen LogP contribution in [0.1, 0.15) is 6.92 Å². The predicted octanol–water partition coefficient (Wildman–Crippen LogP) is 1.12. The molecule has 3 heterocycles. The van der Waals surface area contributed by atoms with Crippen LogP contribution in [0.3, 0.4) is 0 Å². The van der Waals surface area contributed by atoms with Gasteiger partial charge >= 0.3 is 5.97 Å². The number of carbonyl (C=O) groups excluding carboxylic acids is 1. The van der Waals surface area contributed by atoms with Gasteiger partial charge in [-0.15, -0.1) is 0 Å². The number of pyridine rings is 1. The minimum absolute atomic E-state index is 0.204. The van der Waals surface area contributed by atoms with Gasteiger partial charge in [0.25, 0.3) is 0 Å². The van der Waals surface area contributed by atoms with Crippen LogP contribution >= 0.6 is 11.6 Å². The molecular formula is C16H20ClN5O3. The number of aliphatic imine (C=N–C) groups is 1. The van der Waals surface area contributed by atoms with Crippen molar-refractivity contribution in [2.75, 3.05) is 38.2 Å². The van der Waals surface area contributed by atoms with Crippen LogP contribution in [0.5, 0.6) is 0 Å². The summed E-state index contributed by atoms with van der Waals surface area (Å²) < 4.78 is 10.6. The van der Waals surface area contributed by atoms with E-state index in [2.05, 4.69) is 20.6 Å². The molecule has 2 aliphatic heterocycles. The maximum atomic E-state index is 12.7. The lowest BCUT2D eigenvalue weighted by Gasteiger charge is -2.39. The van der Waals surface area contributed by atoms with Gasteiger partial charge < -0.3 is 25.0 Å². The third-order valence-electron chi connectivity index (χ3n) is 3.79. The number of ether oxygens (including phenoxy) is 2. The van der Waals surface area contributed by atoms with E-state index in [0.29, 0.717) is 38.0 Å². The Kier molecular flexibility index (Phi) is 5.40. The molecule has 2 N–H and O–H groups in total. The van der Waals surface area contributed by atoms with Crippen LogP contribution in [-0.4, -0.2) is 60.4 Å². The fourth-order valence-electron chi connectivity index (χ4n) is 2.61. The Hall–Kier alpha value is -2.32. The van der Waals surface area contributed by atoms with E-state index in [1.807, 2.05) is 4.90 Å². The van der Waals surface area contributed by atoms with Gasteiger partial charge in [-0.2, -0.15) is 0 Å². The summed E-state index contributed by atoms with van der Waals surface area (Å²) in [6.07, 6.45) is 4.77. The summed E-state index contributed by atoms with van der Waals surface area (Å²) in [5.74, 6) is 0.0102. The molecular weight excluding hydrogens is 346 g/mol. The largest absolute Gasteiger partial charge is 0.463 e. The number of halogens is 1. The van der Waals surface area contributed by atoms with Crippen LogP contribution in [0.2, 0.25) is 0 Å². The van der Waals surface area contributed by atoms with E-state index in [4.69, 9.17) is 21.1 Å². The summed E-state index contributed by atoms with van der Waals surface area (Å²) in [6.45, 7) is 4.49. The van der Waals surface area contributed by atoms with Gasteiger partial charge in [0.05, 0.1) is 19.8 Å². The number of carbonyl (C=O) groups is 1. The van der Waals surface area contributed by atoms with Crippen molar-refractivity contribution in [3.05, 3.63) is 35.8 Å². The molecule has 2 aliphatic rings. The Morgan fingerprint density at radius 1 is 1.44 bits per heavy atom. The van der Waals surface area contributed by atoms with Crippen LogP contribution in [0.25, 0.3) is 0 Å². The number of hydrogen-bond donors (Lipinski definition) is 2. The first-order valence-electron chi connectivity index (χ1n) is 8.06. The van der Waals surface area contributed by atoms with Crippen molar-refractivity contribution >= 4 is 29.2 Å². The topological polar surface area (TPSA) is 88.1 Å². The number of nitrogens with one attached hydrogen (secondary N) is 2. The van der Waals surface area contributed by atoms with E-state index in [-0.39, 0.29) is 11.8 Å². The predicted molar refractivity (Wildman–Crippen MR) is 94.1 cm³/mol. The highest BCUT2D eigenvalue weighted by Crippen LogP contribution is 2.24. The van der Waals surface area contributed by atoms with E-state index in [1.54, 1.807) is 31.5 Å². The first-order valence-corrected chi connectivity index (χ1v) is 8.44. The Labute approximate surface area is 150 Å². The second-order valence-electron chi connectivity index (χ2n) is 5.52. The van der Waals surface area contributed by atoms with E-state index in [0.717, 1.165) is 0 Å². The molecule has 1 saturated heterocycles. The number of hydrogen-bond acceptors (Lipinski definition) is 8. The molecule has 3 rings (SSSR count). The molecule has 9 heteroatoms. The first kappa shape index (κ1) is 17.5. The van der Waals surface area contributed by atoms with Crippen LogP contribution in [-0.2, 0) is 14.3 Å². The molecule has 1 aromatic rings. The van der Waals surface area contributed by atoms with Crippen LogP contribution in [0.4, 0.5) is 5.69 Å². The molecule has 0 aliphatic carbocycles. The summed E-state index contributed by atoms with van der Waals surface area (Å²) in [5.41, 5.74) is -0.663. The molecule has 1 aromatic heterocycles. The van der Waals surface area contributed by atoms with Crippen molar-refractivity contribution in [2.45, 2.75) is 12.6 Å². The molecule has 0 bridgehead atoms. The molecule has 1 atom stereocenters. The molecule has 134 valence electrons. The van der Waals surface area contributed by atoms with Crippen molar-refractivity contribution in [1.29, 1.82) is 0 Å². The lowest BCUT2D eigenvalue weighted by atomic mass is 10.1. The summed E-state index contributed by atoms with van der Waals surface area (Å²) in [4.78, 5) is 23.0. The maximum Gasteiger partial charge on any atom is 0.357 e. The number of morpholine rings is 1. The fourth-order valence-corrected chi connectivity index (χ4v) is 2.86. The molecule has 0 radical (unpaired) electrons. The van der Waals surface area contributed by atoms with Crippen molar-refractivity contribution in [3.8, 4) is 0 Å². The number of nitrogens with zero attached hydrogens (tertiary/aromatic N) is 3. The monoisotopic (exact) mass is 365 g/mol. The second kappa shape index (κ2) is 7.71. The number of aromatic nitrogens is 1. The number of rotatable bonds is 4. The van der Waals surface area contributed by atoms with Crippen molar-refractivity contribution in [3.63, 3.8) is 0 Å². The Morgan fingerprint density at radius 2 is 2.16 bits per heavy atom. The number of guanidine groups is 1. The van der Waals surface area contributed by atoms with Gasteiger partial charge in [-0.05, 0) is 19.1 Å². The molecule has 8 nitrogen and oxygen atoms in total. The summed E-state index contributed by atoms with van der Waals surface area (Å²) in [6, 6.07) is 3.51. The van der Waals surface area contributed by atoms with Crippen LogP contribution in [0.15, 0.2) is 40.8 Å². The molecule has 0 aromatic carbocycles. The lowest BCUT2D eigenvalue weighted by molar-refractivity contribution is -0.147. The summed E-state index contributed by atoms with van der Waals surface area (Å²) >= 11 is 6.24. The zero-order chi connectivity index (χ0) is 17.7. The van der Waals surface area contributed by atoms with Gasteiger partial charge in [0.2, 0.25) is 11.6 Å². The molecule has 1 unspecified atom stereocenters. The van der Waals surface area contributed by atoms with Crippen molar-refractivity contribution in [1.82, 2.24) is 15.2 Å². The highest BCUT2D eigenvalue weighted by atomic mass is 35.5. The van der Waals surface area contributed by atoms with Gasteiger partial charge in [0.1, 0.15) is 5.16 Å². The molecule has 0 spiro atoms. The average Bonchev–Trinajstić information content (AvgIpc) is 2.63. The Morgan fingerprint density at radius 3 is 2.84 bits per heavy atom. The number of esters is 1. The van der Waals surface area contributed by atoms with E-state index in [9.17, 15) is 4.79 Å². The van der Waals surface area contributed by atoms with Crippen molar-refractivity contribution < 1.29 is 14.3 Å². The van der Waals surface area contributed by atoms with Gasteiger partial charge in [-0.1, -0.05) is 11.6 Å². The zero-order valence-electron chi connectivity index (χ0n) is 13.9. The first-order chi connectivity index (χ1) is 12.1. The Balaban J connectivity index is 1.91. The van der Waals surface area contributed by atoms with Gasteiger partial charge in [0, 0.05) is 37.2 Å². The fraction of sp³-hybridized carbons (Fsp3) is 0.438. The van der Waals surface area contributed by atoms with E-state index in [1.165, 1.54) is 6.08 Å². The minimum Gasteiger partial charge on any atom is -0.463 e. The number of anilines is 1. The van der Waals surface area contributed by atoms with Gasteiger partial charge in [0.15, 0.2) is 0 Å². The van der Waals surface area contributed by atoms with Gasteiger partial charge in [-0.25, -0.2) is 9.79 Å².